The quantitative estimate of drug-likeness (QED) is 0.782. The molecule has 0 bridgehead atoms. The summed E-state index contributed by atoms with van der Waals surface area (Å²) in [6.45, 7) is 6.70. The third-order valence-electron chi connectivity index (χ3n) is 4.23. The molecular weight excluding hydrogens is 341 g/mol. The minimum absolute atomic E-state index is 0.266. The van der Waals surface area contributed by atoms with Crippen LogP contribution in [0.1, 0.15) is 26.7 Å². The van der Waals surface area contributed by atoms with Gasteiger partial charge in [0.25, 0.3) is 0 Å². The van der Waals surface area contributed by atoms with Crippen molar-refractivity contribution < 1.29 is 4.74 Å². The van der Waals surface area contributed by atoms with Gasteiger partial charge in [-0.25, -0.2) is 4.98 Å². The third-order valence-corrected chi connectivity index (χ3v) is 4.69. The minimum atomic E-state index is 0.266. The number of rotatable bonds is 3. The SMILES string of the molecule is Bc1ncc2cc(Br)cc(OC3CCN(C(C)C)CC3)c2n1. The monoisotopic (exact) mass is 361 g/mol. The first-order chi connectivity index (χ1) is 10.5. The minimum Gasteiger partial charge on any atom is -0.488 e. The first kappa shape index (κ1) is 15.7. The van der Waals surface area contributed by atoms with Crippen molar-refractivity contribution in [1.82, 2.24) is 14.9 Å². The van der Waals surface area contributed by atoms with Gasteiger partial charge in [0.1, 0.15) is 17.4 Å². The molecular formula is C16H21BBrN3O. The number of ether oxygens (including phenoxy) is 1. The van der Waals surface area contributed by atoms with Crippen LogP contribution in [0.4, 0.5) is 0 Å². The molecule has 0 amide bonds. The summed E-state index contributed by atoms with van der Waals surface area (Å²) in [6.07, 6.45) is 4.26. The van der Waals surface area contributed by atoms with Crippen molar-refractivity contribution in [2.24, 2.45) is 0 Å². The molecule has 0 N–H and O–H groups in total. The maximum Gasteiger partial charge on any atom is 0.189 e. The van der Waals surface area contributed by atoms with E-state index in [1.54, 1.807) is 0 Å². The molecule has 1 aromatic carbocycles. The zero-order valence-electron chi connectivity index (χ0n) is 13.3. The van der Waals surface area contributed by atoms with Crippen LogP contribution >= 0.6 is 15.9 Å². The molecule has 1 fully saturated rings. The Morgan fingerprint density at radius 1 is 1.32 bits per heavy atom. The zero-order chi connectivity index (χ0) is 15.7. The second-order valence-electron chi connectivity index (χ2n) is 6.21. The molecule has 0 radical (unpaired) electrons. The summed E-state index contributed by atoms with van der Waals surface area (Å²) >= 11 is 3.55. The summed E-state index contributed by atoms with van der Waals surface area (Å²) < 4.78 is 7.29. The first-order valence-corrected chi connectivity index (χ1v) is 8.66. The van der Waals surface area contributed by atoms with E-state index >= 15 is 0 Å². The number of fused-ring (bicyclic) bond motifs is 1. The standard InChI is InChI=1S/C16H21BBrN3O/c1-10(2)21-5-3-13(4-6-21)22-14-8-12(18)7-11-9-19-16(17)20-15(11)14/h7-10,13H,3-6,17H2,1-2H3. The molecule has 116 valence electrons. The molecule has 1 saturated heterocycles. The zero-order valence-corrected chi connectivity index (χ0v) is 14.9. The molecule has 0 unspecified atom stereocenters. The van der Waals surface area contributed by atoms with Crippen LogP contribution in [0.5, 0.6) is 5.75 Å². The highest BCUT2D eigenvalue weighted by atomic mass is 79.9. The van der Waals surface area contributed by atoms with Crippen molar-refractivity contribution in [3.8, 4) is 5.75 Å². The van der Waals surface area contributed by atoms with Crippen molar-refractivity contribution in [3.05, 3.63) is 22.8 Å². The van der Waals surface area contributed by atoms with Crippen LogP contribution in [0.15, 0.2) is 22.8 Å². The Labute approximate surface area is 140 Å². The molecule has 1 aromatic heterocycles. The second kappa shape index (κ2) is 6.55. The summed E-state index contributed by atoms with van der Waals surface area (Å²) in [7, 11) is 1.91. The number of hydrogen-bond acceptors (Lipinski definition) is 4. The molecule has 0 atom stereocenters. The smallest absolute Gasteiger partial charge is 0.189 e. The predicted octanol–water partition coefficient (Wildman–Crippen LogP) is 1.90. The highest BCUT2D eigenvalue weighted by Crippen LogP contribution is 2.30. The molecule has 0 saturated carbocycles. The maximum absolute atomic E-state index is 6.29. The Morgan fingerprint density at radius 2 is 2.05 bits per heavy atom. The molecule has 1 aliphatic rings. The molecule has 0 spiro atoms. The molecule has 1 aliphatic heterocycles. The van der Waals surface area contributed by atoms with E-state index in [0.29, 0.717) is 6.04 Å². The fourth-order valence-electron chi connectivity index (χ4n) is 2.95. The van der Waals surface area contributed by atoms with E-state index in [-0.39, 0.29) is 6.10 Å². The van der Waals surface area contributed by atoms with Gasteiger partial charge in [-0.2, -0.15) is 0 Å². The fourth-order valence-corrected chi connectivity index (χ4v) is 3.40. The van der Waals surface area contributed by atoms with Gasteiger partial charge in [-0.1, -0.05) is 15.9 Å². The van der Waals surface area contributed by atoms with Crippen molar-refractivity contribution in [2.45, 2.75) is 38.8 Å². The number of nitrogens with zero attached hydrogens (tertiary/aromatic N) is 3. The van der Waals surface area contributed by atoms with Gasteiger partial charge >= 0.3 is 0 Å². The Balaban J connectivity index is 1.81. The summed E-state index contributed by atoms with van der Waals surface area (Å²) in [4.78, 5) is 11.3. The van der Waals surface area contributed by atoms with Crippen LogP contribution in [0, 0.1) is 0 Å². The molecule has 22 heavy (non-hydrogen) atoms. The Kier molecular flexibility index (Phi) is 4.69. The molecule has 6 heteroatoms. The van der Waals surface area contributed by atoms with E-state index in [1.165, 1.54) is 0 Å². The predicted molar refractivity (Wildman–Crippen MR) is 95.8 cm³/mol. The van der Waals surface area contributed by atoms with Crippen LogP contribution in [-0.4, -0.2) is 47.9 Å². The lowest BCUT2D eigenvalue weighted by molar-refractivity contribution is 0.0851. The van der Waals surface area contributed by atoms with Crippen molar-refractivity contribution in [1.29, 1.82) is 0 Å². The van der Waals surface area contributed by atoms with Gasteiger partial charge < -0.3 is 9.64 Å². The van der Waals surface area contributed by atoms with Gasteiger partial charge in [0.15, 0.2) is 7.85 Å². The molecule has 2 heterocycles. The van der Waals surface area contributed by atoms with Crippen molar-refractivity contribution >= 4 is 40.4 Å². The number of likely N-dealkylation sites (tertiary alicyclic amines) is 1. The van der Waals surface area contributed by atoms with E-state index in [9.17, 15) is 0 Å². The average Bonchev–Trinajstić information content (AvgIpc) is 2.48. The molecule has 3 rings (SSSR count). The largest absolute Gasteiger partial charge is 0.488 e. The maximum atomic E-state index is 6.29. The molecule has 0 aliphatic carbocycles. The normalized spacial score (nSPS) is 17.3. The van der Waals surface area contributed by atoms with Gasteiger partial charge in [-0.05, 0) is 38.8 Å². The molecule has 2 aromatic rings. The highest BCUT2D eigenvalue weighted by molar-refractivity contribution is 9.10. The van der Waals surface area contributed by atoms with Crippen LogP contribution in [0.25, 0.3) is 10.9 Å². The van der Waals surface area contributed by atoms with Gasteiger partial charge in [0, 0.05) is 35.2 Å². The summed E-state index contributed by atoms with van der Waals surface area (Å²) in [5.74, 6) is 0.859. The Morgan fingerprint density at radius 3 is 2.73 bits per heavy atom. The fraction of sp³-hybridized carbons (Fsp3) is 0.500. The van der Waals surface area contributed by atoms with Gasteiger partial charge in [0.05, 0.1) is 5.72 Å². The van der Waals surface area contributed by atoms with Gasteiger partial charge in [0.2, 0.25) is 0 Å². The van der Waals surface area contributed by atoms with Crippen LogP contribution in [-0.2, 0) is 0 Å². The second-order valence-corrected chi connectivity index (χ2v) is 7.12. The first-order valence-electron chi connectivity index (χ1n) is 7.86. The number of hydrogen-bond donors (Lipinski definition) is 0. The number of benzene rings is 1. The Hall–Kier alpha value is -1.14. The van der Waals surface area contributed by atoms with Crippen LogP contribution < -0.4 is 10.5 Å². The van der Waals surface area contributed by atoms with E-state index in [2.05, 4.69) is 44.6 Å². The number of halogens is 1. The lowest BCUT2D eigenvalue weighted by Crippen LogP contribution is -2.41. The van der Waals surface area contributed by atoms with Gasteiger partial charge in [-0.3, -0.25) is 4.98 Å². The van der Waals surface area contributed by atoms with E-state index in [1.807, 2.05) is 26.2 Å². The van der Waals surface area contributed by atoms with E-state index in [4.69, 9.17) is 4.74 Å². The average molecular weight is 362 g/mol. The summed E-state index contributed by atoms with van der Waals surface area (Å²) in [5, 5.41) is 1.01. The summed E-state index contributed by atoms with van der Waals surface area (Å²) in [5.41, 5.74) is 1.68. The van der Waals surface area contributed by atoms with Gasteiger partial charge in [-0.15, -0.1) is 0 Å². The topological polar surface area (TPSA) is 38.2 Å². The van der Waals surface area contributed by atoms with Crippen molar-refractivity contribution in [3.63, 3.8) is 0 Å². The summed E-state index contributed by atoms with van der Waals surface area (Å²) in [6, 6.07) is 4.66. The third kappa shape index (κ3) is 3.44. The lowest BCUT2D eigenvalue weighted by Gasteiger charge is -2.34. The number of piperidine rings is 1. The van der Waals surface area contributed by atoms with Crippen molar-refractivity contribution in [2.75, 3.05) is 13.1 Å². The number of aromatic nitrogens is 2. The van der Waals surface area contributed by atoms with E-state index in [0.717, 1.165) is 52.8 Å². The molecule has 4 nitrogen and oxygen atoms in total. The van der Waals surface area contributed by atoms with Crippen LogP contribution in [0.2, 0.25) is 0 Å². The lowest BCUT2D eigenvalue weighted by atomic mass is 10.1. The van der Waals surface area contributed by atoms with E-state index < -0.39 is 0 Å². The highest BCUT2D eigenvalue weighted by Gasteiger charge is 2.23. The Bertz CT molecular complexity index is 672. The van der Waals surface area contributed by atoms with Crippen LogP contribution in [0.3, 0.4) is 0 Å².